The lowest BCUT2D eigenvalue weighted by Gasteiger charge is -2.29. The van der Waals surface area contributed by atoms with Gasteiger partial charge in [-0.1, -0.05) is 19.8 Å². The van der Waals surface area contributed by atoms with Crippen LogP contribution in [0.2, 0.25) is 0 Å². The molecule has 2 heteroatoms. The molecule has 0 aromatic carbocycles. The highest BCUT2D eigenvalue weighted by molar-refractivity contribution is 4.77. The SMILES string of the molecule is CCCCC1CCC(CCN)CN1. The Balaban J connectivity index is 2.08. The third kappa shape index (κ3) is 4.10. The fourth-order valence-corrected chi connectivity index (χ4v) is 2.15. The summed E-state index contributed by atoms with van der Waals surface area (Å²) in [5, 5.41) is 3.63. The van der Waals surface area contributed by atoms with Crippen LogP contribution in [-0.4, -0.2) is 19.1 Å². The van der Waals surface area contributed by atoms with Crippen molar-refractivity contribution in [3.63, 3.8) is 0 Å². The van der Waals surface area contributed by atoms with E-state index in [1.165, 1.54) is 45.1 Å². The Morgan fingerprint density at radius 3 is 2.69 bits per heavy atom. The molecule has 2 unspecified atom stereocenters. The van der Waals surface area contributed by atoms with Crippen molar-refractivity contribution in [3.8, 4) is 0 Å². The molecule has 1 heterocycles. The Morgan fingerprint density at radius 2 is 2.15 bits per heavy atom. The molecular formula is C11H24N2. The largest absolute Gasteiger partial charge is 0.330 e. The van der Waals surface area contributed by atoms with Crippen molar-refractivity contribution < 1.29 is 0 Å². The normalized spacial score (nSPS) is 29.1. The molecule has 2 nitrogen and oxygen atoms in total. The lowest BCUT2D eigenvalue weighted by molar-refractivity contribution is 0.287. The van der Waals surface area contributed by atoms with Crippen LogP contribution in [0.5, 0.6) is 0 Å². The lowest BCUT2D eigenvalue weighted by Crippen LogP contribution is -2.39. The summed E-state index contributed by atoms with van der Waals surface area (Å²) in [4.78, 5) is 0. The average molecular weight is 184 g/mol. The van der Waals surface area contributed by atoms with Crippen molar-refractivity contribution in [2.75, 3.05) is 13.1 Å². The molecule has 0 radical (unpaired) electrons. The molecule has 0 spiro atoms. The van der Waals surface area contributed by atoms with Crippen LogP contribution in [0, 0.1) is 5.92 Å². The Bertz CT molecular complexity index is 117. The van der Waals surface area contributed by atoms with Gasteiger partial charge < -0.3 is 11.1 Å². The second-order valence-corrected chi connectivity index (χ2v) is 4.27. The van der Waals surface area contributed by atoms with Gasteiger partial charge >= 0.3 is 0 Å². The molecule has 0 amide bonds. The van der Waals surface area contributed by atoms with E-state index in [4.69, 9.17) is 5.73 Å². The van der Waals surface area contributed by atoms with Gasteiger partial charge in [-0.3, -0.25) is 0 Å². The first-order chi connectivity index (χ1) is 6.36. The fraction of sp³-hybridized carbons (Fsp3) is 1.00. The second-order valence-electron chi connectivity index (χ2n) is 4.27. The minimum atomic E-state index is 0.800. The van der Waals surface area contributed by atoms with Crippen LogP contribution in [0.15, 0.2) is 0 Å². The van der Waals surface area contributed by atoms with Crippen LogP contribution in [0.25, 0.3) is 0 Å². The highest BCUT2D eigenvalue weighted by Gasteiger charge is 2.18. The maximum Gasteiger partial charge on any atom is 0.00672 e. The number of hydrogen-bond acceptors (Lipinski definition) is 2. The molecule has 78 valence electrons. The highest BCUT2D eigenvalue weighted by Crippen LogP contribution is 2.19. The predicted octanol–water partition coefficient (Wildman–Crippen LogP) is 1.89. The fourth-order valence-electron chi connectivity index (χ4n) is 2.15. The zero-order chi connectivity index (χ0) is 9.52. The first-order valence-corrected chi connectivity index (χ1v) is 5.80. The van der Waals surface area contributed by atoms with E-state index >= 15 is 0 Å². The maximum atomic E-state index is 5.55. The molecule has 0 bridgehead atoms. The van der Waals surface area contributed by atoms with Crippen molar-refractivity contribution >= 4 is 0 Å². The molecule has 1 fully saturated rings. The van der Waals surface area contributed by atoms with Crippen LogP contribution >= 0.6 is 0 Å². The van der Waals surface area contributed by atoms with Crippen LogP contribution in [0.1, 0.15) is 45.4 Å². The van der Waals surface area contributed by atoms with Crippen molar-refractivity contribution in [1.29, 1.82) is 0 Å². The number of unbranched alkanes of at least 4 members (excludes halogenated alkanes) is 1. The van der Waals surface area contributed by atoms with E-state index in [0.717, 1.165) is 18.5 Å². The molecule has 2 atom stereocenters. The van der Waals surface area contributed by atoms with E-state index in [-0.39, 0.29) is 0 Å². The number of rotatable bonds is 5. The van der Waals surface area contributed by atoms with Crippen molar-refractivity contribution in [2.24, 2.45) is 11.7 Å². The van der Waals surface area contributed by atoms with E-state index in [1.54, 1.807) is 0 Å². The summed E-state index contributed by atoms with van der Waals surface area (Å²) in [6.45, 7) is 4.32. The van der Waals surface area contributed by atoms with E-state index in [2.05, 4.69) is 12.2 Å². The first kappa shape index (κ1) is 11.0. The summed E-state index contributed by atoms with van der Waals surface area (Å²) in [6.07, 6.45) is 8.02. The van der Waals surface area contributed by atoms with Crippen molar-refractivity contribution in [1.82, 2.24) is 5.32 Å². The zero-order valence-electron chi connectivity index (χ0n) is 8.89. The molecule has 0 aliphatic carbocycles. The van der Waals surface area contributed by atoms with Gasteiger partial charge in [0.2, 0.25) is 0 Å². The Labute approximate surface area is 82.3 Å². The number of piperidine rings is 1. The van der Waals surface area contributed by atoms with E-state index < -0.39 is 0 Å². The van der Waals surface area contributed by atoms with Gasteiger partial charge in [-0.25, -0.2) is 0 Å². The molecule has 1 saturated heterocycles. The third-order valence-electron chi connectivity index (χ3n) is 3.10. The highest BCUT2D eigenvalue weighted by atomic mass is 14.9. The van der Waals surface area contributed by atoms with Gasteiger partial charge in [-0.2, -0.15) is 0 Å². The molecule has 1 aliphatic heterocycles. The molecule has 0 saturated carbocycles. The van der Waals surface area contributed by atoms with Crippen LogP contribution < -0.4 is 11.1 Å². The van der Waals surface area contributed by atoms with Crippen molar-refractivity contribution in [3.05, 3.63) is 0 Å². The summed E-state index contributed by atoms with van der Waals surface area (Å²) < 4.78 is 0. The topological polar surface area (TPSA) is 38.0 Å². The summed E-state index contributed by atoms with van der Waals surface area (Å²) in [7, 11) is 0. The van der Waals surface area contributed by atoms with E-state index in [0.29, 0.717) is 0 Å². The predicted molar refractivity (Wildman–Crippen MR) is 57.7 cm³/mol. The number of hydrogen-bond donors (Lipinski definition) is 2. The van der Waals surface area contributed by atoms with Gasteiger partial charge in [0.25, 0.3) is 0 Å². The summed E-state index contributed by atoms with van der Waals surface area (Å²) >= 11 is 0. The van der Waals surface area contributed by atoms with Gasteiger partial charge in [0.15, 0.2) is 0 Å². The third-order valence-corrected chi connectivity index (χ3v) is 3.10. The Kier molecular flexibility index (Phi) is 5.40. The minimum Gasteiger partial charge on any atom is -0.330 e. The van der Waals surface area contributed by atoms with Gasteiger partial charge in [0, 0.05) is 6.04 Å². The average Bonchev–Trinajstić information content (AvgIpc) is 2.17. The number of nitrogens with one attached hydrogen (secondary N) is 1. The molecule has 1 rings (SSSR count). The van der Waals surface area contributed by atoms with Gasteiger partial charge in [0.1, 0.15) is 0 Å². The minimum absolute atomic E-state index is 0.800. The van der Waals surface area contributed by atoms with Gasteiger partial charge in [-0.15, -0.1) is 0 Å². The standard InChI is InChI=1S/C11H24N2/c1-2-3-4-11-6-5-10(7-8-12)9-13-11/h10-11,13H,2-9,12H2,1H3. The molecular weight excluding hydrogens is 160 g/mol. The van der Waals surface area contributed by atoms with Crippen LogP contribution in [-0.2, 0) is 0 Å². The quantitative estimate of drug-likeness (QED) is 0.685. The molecule has 1 aliphatic rings. The Morgan fingerprint density at radius 1 is 1.31 bits per heavy atom. The summed E-state index contributed by atoms with van der Waals surface area (Å²) in [6, 6.07) is 0.800. The van der Waals surface area contributed by atoms with E-state index in [1.807, 2.05) is 0 Å². The van der Waals surface area contributed by atoms with Gasteiger partial charge in [0.05, 0.1) is 0 Å². The molecule has 0 aromatic rings. The lowest BCUT2D eigenvalue weighted by atomic mass is 9.90. The monoisotopic (exact) mass is 184 g/mol. The van der Waals surface area contributed by atoms with Gasteiger partial charge in [-0.05, 0) is 44.7 Å². The van der Waals surface area contributed by atoms with Crippen LogP contribution in [0.4, 0.5) is 0 Å². The zero-order valence-corrected chi connectivity index (χ0v) is 8.89. The summed E-state index contributed by atoms with van der Waals surface area (Å²) in [5.41, 5.74) is 5.55. The van der Waals surface area contributed by atoms with E-state index in [9.17, 15) is 0 Å². The Hall–Kier alpha value is -0.0800. The number of nitrogens with two attached hydrogens (primary N) is 1. The maximum absolute atomic E-state index is 5.55. The molecule has 13 heavy (non-hydrogen) atoms. The van der Waals surface area contributed by atoms with Crippen LogP contribution in [0.3, 0.4) is 0 Å². The molecule has 0 aromatic heterocycles. The second kappa shape index (κ2) is 6.39. The molecule has 3 N–H and O–H groups in total. The smallest absolute Gasteiger partial charge is 0.00672 e. The summed E-state index contributed by atoms with van der Waals surface area (Å²) in [5.74, 6) is 0.850. The van der Waals surface area contributed by atoms with Crippen molar-refractivity contribution in [2.45, 2.75) is 51.5 Å². The first-order valence-electron chi connectivity index (χ1n) is 5.80.